The van der Waals surface area contributed by atoms with Crippen molar-refractivity contribution in [2.75, 3.05) is 6.61 Å². The van der Waals surface area contributed by atoms with Crippen LogP contribution in [0.1, 0.15) is 145 Å². The van der Waals surface area contributed by atoms with Gasteiger partial charge in [0.1, 0.15) is 0 Å². The lowest BCUT2D eigenvalue weighted by Crippen LogP contribution is -2.25. The number of esters is 1. The molecule has 2 aromatic carbocycles. The molecule has 0 aromatic heterocycles. The zero-order valence-electron chi connectivity index (χ0n) is 24.7. The highest BCUT2D eigenvalue weighted by Crippen LogP contribution is 2.46. The standard InChI is InChI=1S/C36H51NO2/c1-3-5-7-9-11-13-25-36(29-37)26-23-33(24-27-36)32-17-15-30(16-18-32)31-19-21-34(22-20-31)35(38)39-28-14-12-10-8-6-4-2/h15-22,33H,3-14,23-28H2,1-2H3/t33-,36-. The Hall–Kier alpha value is -2.60. The first kappa shape index (κ1) is 30.9. The predicted octanol–water partition coefficient (Wildman–Crippen LogP) is 10.8. The van der Waals surface area contributed by atoms with Gasteiger partial charge in [-0.3, -0.25) is 0 Å². The molecule has 2 aromatic rings. The summed E-state index contributed by atoms with van der Waals surface area (Å²) in [5.74, 6) is 0.321. The number of nitriles is 1. The molecule has 0 aliphatic heterocycles. The van der Waals surface area contributed by atoms with E-state index in [0.717, 1.165) is 56.1 Å². The Kier molecular flexibility index (Phi) is 13.6. The first-order valence-corrected chi connectivity index (χ1v) is 15.9. The van der Waals surface area contributed by atoms with E-state index >= 15 is 0 Å². The Morgan fingerprint density at radius 2 is 1.28 bits per heavy atom. The van der Waals surface area contributed by atoms with Crippen molar-refractivity contribution < 1.29 is 9.53 Å². The Morgan fingerprint density at radius 1 is 0.769 bits per heavy atom. The SMILES string of the molecule is CCCCCCCCOC(=O)c1ccc(-c2ccc([C@H]3CC[C@@](C#N)(CCCCCCCC)CC3)cc2)cc1. The minimum absolute atomic E-state index is 0.0985. The van der Waals surface area contributed by atoms with Gasteiger partial charge in [0.15, 0.2) is 0 Å². The minimum Gasteiger partial charge on any atom is -0.462 e. The number of hydrogen-bond donors (Lipinski definition) is 0. The van der Waals surface area contributed by atoms with Gasteiger partial charge in [0.2, 0.25) is 0 Å². The summed E-state index contributed by atoms with van der Waals surface area (Å²) < 4.78 is 5.47. The lowest BCUT2D eigenvalue weighted by molar-refractivity contribution is 0.0497. The van der Waals surface area contributed by atoms with Crippen molar-refractivity contribution in [3.63, 3.8) is 0 Å². The molecule has 212 valence electrons. The number of benzene rings is 2. The molecule has 0 N–H and O–H groups in total. The van der Waals surface area contributed by atoms with Gasteiger partial charge in [-0.05, 0) is 73.3 Å². The number of carbonyl (C=O) groups is 1. The number of nitrogens with zero attached hydrogens (tertiary/aromatic N) is 1. The number of ether oxygens (including phenoxy) is 1. The van der Waals surface area contributed by atoms with E-state index in [9.17, 15) is 10.1 Å². The Labute approximate surface area is 238 Å². The molecule has 3 nitrogen and oxygen atoms in total. The molecule has 1 aliphatic carbocycles. The van der Waals surface area contributed by atoms with E-state index in [4.69, 9.17) is 4.74 Å². The number of rotatable bonds is 17. The molecule has 0 radical (unpaired) electrons. The van der Waals surface area contributed by atoms with Crippen LogP contribution in [0, 0.1) is 16.7 Å². The van der Waals surface area contributed by atoms with Gasteiger partial charge in [-0.25, -0.2) is 4.79 Å². The minimum atomic E-state index is -0.229. The van der Waals surface area contributed by atoms with Crippen LogP contribution >= 0.6 is 0 Å². The third kappa shape index (κ3) is 10.1. The Bertz CT molecular complexity index is 994. The molecule has 1 fully saturated rings. The second kappa shape index (κ2) is 17.2. The van der Waals surface area contributed by atoms with Crippen LogP contribution in [0.15, 0.2) is 48.5 Å². The number of unbranched alkanes of at least 4 members (excludes halogenated alkanes) is 10. The molecule has 3 rings (SSSR count). The van der Waals surface area contributed by atoms with Gasteiger partial charge in [0.05, 0.1) is 23.7 Å². The average Bonchev–Trinajstić information content (AvgIpc) is 2.99. The Morgan fingerprint density at radius 3 is 1.85 bits per heavy atom. The van der Waals surface area contributed by atoms with Gasteiger partial charge in [-0.15, -0.1) is 0 Å². The smallest absolute Gasteiger partial charge is 0.338 e. The molecule has 0 unspecified atom stereocenters. The van der Waals surface area contributed by atoms with Crippen LogP contribution in [0.25, 0.3) is 11.1 Å². The molecule has 1 saturated carbocycles. The number of hydrogen-bond acceptors (Lipinski definition) is 3. The predicted molar refractivity (Wildman–Crippen MR) is 163 cm³/mol. The summed E-state index contributed by atoms with van der Waals surface area (Å²) in [4.78, 5) is 12.4. The van der Waals surface area contributed by atoms with Crippen LogP contribution in [0.4, 0.5) is 0 Å². The van der Waals surface area contributed by atoms with Crippen LogP contribution in [0.5, 0.6) is 0 Å². The maximum absolute atomic E-state index is 12.4. The van der Waals surface area contributed by atoms with Gasteiger partial charge in [-0.1, -0.05) is 121 Å². The summed E-state index contributed by atoms with van der Waals surface area (Å²) in [5.41, 5.74) is 4.18. The Balaban J connectivity index is 1.43. The molecule has 3 heteroatoms. The second-order valence-corrected chi connectivity index (χ2v) is 11.8. The molecular weight excluding hydrogens is 478 g/mol. The van der Waals surface area contributed by atoms with Crippen LogP contribution in [-0.4, -0.2) is 12.6 Å². The van der Waals surface area contributed by atoms with Gasteiger partial charge < -0.3 is 4.74 Å². The van der Waals surface area contributed by atoms with Crippen molar-refractivity contribution in [1.29, 1.82) is 5.26 Å². The molecule has 0 saturated heterocycles. The molecule has 0 heterocycles. The summed E-state index contributed by atoms with van der Waals surface area (Å²) >= 11 is 0. The average molecular weight is 530 g/mol. The van der Waals surface area contributed by atoms with Crippen molar-refractivity contribution in [3.05, 3.63) is 59.7 Å². The molecule has 39 heavy (non-hydrogen) atoms. The fourth-order valence-corrected chi connectivity index (χ4v) is 6.04. The van der Waals surface area contributed by atoms with Crippen molar-refractivity contribution >= 4 is 5.97 Å². The van der Waals surface area contributed by atoms with Gasteiger partial charge in [0.25, 0.3) is 0 Å². The fraction of sp³-hybridized carbons (Fsp3) is 0.611. The maximum atomic E-state index is 12.4. The highest BCUT2D eigenvalue weighted by molar-refractivity contribution is 5.90. The van der Waals surface area contributed by atoms with E-state index in [2.05, 4.69) is 44.2 Å². The summed E-state index contributed by atoms with van der Waals surface area (Å²) in [7, 11) is 0. The van der Waals surface area contributed by atoms with Crippen molar-refractivity contribution in [2.24, 2.45) is 5.41 Å². The highest BCUT2D eigenvalue weighted by Gasteiger charge is 2.35. The first-order chi connectivity index (χ1) is 19.1. The summed E-state index contributed by atoms with van der Waals surface area (Å²) in [6.45, 7) is 4.98. The van der Waals surface area contributed by atoms with Crippen molar-refractivity contribution in [1.82, 2.24) is 0 Å². The van der Waals surface area contributed by atoms with E-state index in [-0.39, 0.29) is 11.4 Å². The lowest BCUT2D eigenvalue weighted by Gasteiger charge is -2.35. The van der Waals surface area contributed by atoms with E-state index in [1.165, 1.54) is 69.8 Å². The third-order valence-electron chi connectivity index (χ3n) is 8.76. The second-order valence-electron chi connectivity index (χ2n) is 11.8. The molecule has 1 aliphatic rings. The normalized spacial score (nSPS) is 18.9. The van der Waals surface area contributed by atoms with Crippen LogP contribution in [0.3, 0.4) is 0 Å². The van der Waals surface area contributed by atoms with E-state index in [1.807, 2.05) is 24.3 Å². The number of carbonyl (C=O) groups excluding carboxylic acids is 1. The van der Waals surface area contributed by atoms with Crippen LogP contribution < -0.4 is 0 Å². The monoisotopic (exact) mass is 529 g/mol. The van der Waals surface area contributed by atoms with Gasteiger partial charge in [0, 0.05) is 0 Å². The van der Waals surface area contributed by atoms with E-state index < -0.39 is 0 Å². The van der Waals surface area contributed by atoms with E-state index in [0.29, 0.717) is 18.1 Å². The van der Waals surface area contributed by atoms with Crippen LogP contribution in [0.2, 0.25) is 0 Å². The first-order valence-electron chi connectivity index (χ1n) is 15.9. The van der Waals surface area contributed by atoms with Crippen molar-refractivity contribution in [2.45, 2.75) is 129 Å². The maximum Gasteiger partial charge on any atom is 0.338 e. The zero-order chi connectivity index (χ0) is 27.8. The topological polar surface area (TPSA) is 50.1 Å². The fourth-order valence-electron chi connectivity index (χ4n) is 6.04. The lowest BCUT2D eigenvalue weighted by atomic mass is 9.67. The quantitative estimate of drug-likeness (QED) is 0.151. The van der Waals surface area contributed by atoms with Gasteiger partial charge in [-0.2, -0.15) is 5.26 Å². The molecule has 0 amide bonds. The highest BCUT2D eigenvalue weighted by atomic mass is 16.5. The summed E-state index contributed by atoms with van der Waals surface area (Å²) in [5, 5.41) is 9.97. The van der Waals surface area contributed by atoms with Crippen molar-refractivity contribution in [3.8, 4) is 17.2 Å². The summed E-state index contributed by atoms with van der Waals surface area (Å²) in [6, 6.07) is 19.4. The largest absolute Gasteiger partial charge is 0.462 e. The molecular formula is C36H51NO2. The molecule has 0 spiro atoms. The van der Waals surface area contributed by atoms with Gasteiger partial charge >= 0.3 is 5.97 Å². The van der Waals surface area contributed by atoms with E-state index in [1.54, 1.807) is 0 Å². The summed E-state index contributed by atoms with van der Waals surface area (Å²) in [6.07, 6.45) is 20.2. The molecule has 0 bridgehead atoms. The molecule has 0 atom stereocenters. The van der Waals surface area contributed by atoms with Crippen LogP contribution in [-0.2, 0) is 4.74 Å². The zero-order valence-corrected chi connectivity index (χ0v) is 24.7. The third-order valence-corrected chi connectivity index (χ3v) is 8.76.